The molecule has 90 valence electrons. The van der Waals surface area contributed by atoms with Crippen LogP contribution in [0.1, 0.15) is 12.0 Å². The third-order valence-electron chi connectivity index (χ3n) is 2.04. The van der Waals surface area contributed by atoms with Crippen molar-refractivity contribution in [3.05, 3.63) is 39.4 Å². The van der Waals surface area contributed by atoms with E-state index in [9.17, 15) is 18.9 Å². The van der Waals surface area contributed by atoms with Crippen molar-refractivity contribution in [2.75, 3.05) is 6.54 Å². The monoisotopic (exact) mass is 241 g/mol. The van der Waals surface area contributed by atoms with Crippen molar-refractivity contribution in [1.29, 1.82) is 5.26 Å². The predicted octanol–water partition coefficient (Wildman–Crippen LogP) is 1.88. The van der Waals surface area contributed by atoms with Crippen LogP contribution in [0.5, 0.6) is 0 Å². The molecule has 0 saturated carbocycles. The van der Waals surface area contributed by atoms with Crippen molar-refractivity contribution < 1.29 is 13.7 Å². The molecule has 1 aromatic rings. The molecule has 0 bridgehead atoms. The van der Waals surface area contributed by atoms with Crippen LogP contribution in [0.2, 0.25) is 0 Å². The molecule has 0 aliphatic carbocycles. The highest BCUT2D eigenvalue weighted by Crippen LogP contribution is 2.21. The molecule has 0 heterocycles. The van der Waals surface area contributed by atoms with Gasteiger partial charge in [0.05, 0.1) is 11.0 Å². The minimum atomic E-state index is -1.20. The molecule has 0 atom stereocenters. The van der Waals surface area contributed by atoms with Gasteiger partial charge in [0.25, 0.3) is 0 Å². The molecule has 5 nitrogen and oxygen atoms in total. The SMILES string of the molecule is N#CCCNCc1cc([N+](=O)[O-])c(F)cc1F. The van der Waals surface area contributed by atoms with Crippen molar-refractivity contribution in [3.8, 4) is 6.07 Å². The van der Waals surface area contributed by atoms with Crippen LogP contribution in [0.4, 0.5) is 14.5 Å². The highest BCUT2D eigenvalue weighted by Gasteiger charge is 2.17. The number of hydrogen-bond acceptors (Lipinski definition) is 4. The lowest BCUT2D eigenvalue weighted by Gasteiger charge is -2.04. The summed E-state index contributed by atoms with van der Waals surface area (Å²) in [6, 6.07) is 3.22. The van der Waals surface area contributed by atoms with Gasteiger partial charge < -0.3 is 5.32 Å². The lowest BCUT2D eigenvalue weighted by Crippen LogP contribution is -2.15. The molecule has 0 aromatic heterocycles. The second-order valence-electron chi connectivity index (χ2n) is 3.24. The predicted molar refractivity (Wildman–Crippen MR) is 54.9 cm³/mol. The molecule has 0 radical (unpaired) electrons. The Hall–Kier alpha value is -2.07. The third-order valence-corrected chi connectivity index (χ3v) is 2.04. The fourth-order valence-corrected chi connectivity index (χ4v) is 1.22. The van der Waals surface area contributed by atoms with Gasteiger partial charge in [-0.25, -0.2) is 4.39 Å². The van der Waals surface area contributed by atoms with Crippen molar-refractivity contribution in [2.45, 2.75) is 13.0 Å². The van der Waals surface area contributed by atoms with Crippen LogP contribution in [0.15, 0.2) is 12.1 Å². The van der Waals surface area contributed by atoms with Gasteiger partial charge in [0.15, 0.2) is 0 Å². The smallest absolute Gasteiger partial charge is 0.305 e. The summed E-state index contributed by atoms with van der Waals surface area (Å²) in [5, 5.41) is 21.4. The molecular weight excluding hydrogens is 232 g/mol. The molecule has 0 saturated heterocycles. The number of nitro benzene ring substituents is 1. The molecule has 1 aromatic carbocycles. The summed E-state index contributed by atoms with van der Waals surface area (Å²) in [5.41, 5.74) is -0.764. The van der Waals surface area contributed by atoms with Crippen LogP contribution in [0, 0.1) is 33.1 Å². The Morgan fingerprint density at radius 2 is 2.12 bits per heavy atom. The Kier molecular flexibility index (Phi) is 4.48. The minimum Gasteiger partial charge on any atom is -0.312 e. The zero-order valence-electron chi connectivity index (χ0n) is 8.74. The Morgan fingerprint density at radius 1 is 1.41 bits per heavy atom. The van der Waals surface area contributed by atoms with Gasteiger partial charge in [0.1, 0.15) is 5.82 Å². The number of benzene rings is 1. The molecule has 0 aliphatic heterocycles. The fourth-order valence-electron chi connectivity index (χ4n) is 1.22. The lowest BCUT2D eigenvalue weighted by molar-refractivity contribution is -0.387. The van der Waals surface area contributed by atoms with Crippen molar-refractivity contribution in [2.24, 2.45) is 0 Å². The number of hydrogen-bond donors (Lipinski definition) is 1. The van der Waals surface area contributed by atoms with Crippen LogP contribution in [-0.4, -0.2) is 11.5 Å². The summed E-state index contributed by atoms with van der Waals surface area (Å²) in [6.07, 6.45) is 0.241. The minimum absolute atomic E-state index is 0.00367. The van der Waals surface area contributed by atoms with E-state index in [0.29, 0.717) is 12.6 Å². The Balaban J connectivity index is 2.82. The summed E-state index contributed by atoms with van der Waals surface area (Å²) in [5.74, 6) is -2.05. The lowest BCUT2D eigenvalue weighted by atomic mass is 10.1. The van der Waals surface area contributed by atoms with Crippen LogP contribution in [-0.2, 0) is 6.54 Å². The number of halogens is 2. The van der Waals surface area contributed by atoms with E-state index in [1.807, 2.05) is 6.07 Å². The van der Waals surface area contributed by atoms with E-state index >= 15 is 0 Å². The fraction of sp³-hybridized carbons (Fsp3) is 0.300. The van der Waals surface area contributed by atoms with Crippen molar-refractivity contribution in [3.63, 3.8) is 0 Å². The van der Waals surface area contributed by atoms with Crippen molar-refractivity contribution >= 4 is 5.69 Å². The number of nitrogens with one attached hydrogen (secondary N) is 1. The van der Waals surface area contributed by atoms with Crippen molar-refractivity contribution in [1.82, 2.24) is 5.32 Å². The van der Waals surface area contributed by atoms with E-state index < -0.39 is 22.2 Å². The second-order valence-corrected chi connectivity index (χ2v) is 3.24. The van der Waals surface area contributed by atoms with Crippen LogP contribution >= 0.6 is 0 Å². The quantitative estimate of drug-likeness (QED) is 0.485. The number of nitro groups is 1. The average molecular weight is 241 g/mol. The maximum absolute atomic E-state index is 13.2. The first-order chi connectivity index (χ1) is 8.06. The first kappa shape index (κ1) is 13.0. The third kappa shape index (κ3) is 3.46. The highest BCUT2D eigenvalue weighted by atomic mass is 19.1. The molecule has 1 rings (SSSR count). The molecule has 0 fully saturated rings. The Morgan fingerprint density at radius 3 is 2.71 bits per heavy atom. The van der Waals surface area contributed by atoms with Gasteiger partial charge in [0.2, 0.25) is 5.82 Å². The number of rotatable bonds is 5. The van der Waals surface area contributed by atoms with Crippen LogP contribution in [0.3, 0.4) is 0 Å². The highest BCUT2D eigenvalue weighted by molar-refractivity contribution is 5.37. The summed E-state index contributed by atoms with van der Waals surface area (Å²) in [7, 11) is 0. The van der Waals surface area contributed by atoms with E-state index in [4.69, 9.17) is 5.26 Å². The first-order valence-electron chi connectivity index (χ1n) is 4.76. The van der Waals surface area contributed by atoms with Gasteiger partial charge in [-0.2, -0.15) is 9.65 Å². The molecule has 7 heteroatoms. The average Bonchev–Trinajstić information content (AvgIpc) is 2.26. The van der Waals surface area contributed by atoms with Crippen LogP contribution in [0.25, 0.3) is 0 Å². The Labute approximate surface area is 95.8 Å². The second kappa shape index (κ2) is 5.86. The largest absolute Gasteiger partial charge is 0.312 e. The van der Waals surface area contributed by atoms with Gasteiger partial charge in [-0.05, 0) is 0 Å². The zero-order valence-corrected chi connectivity index (χ0v) is 8.74. The Bertz CT molecular complexity index is 471. The van der Waals surface area contributed by atoms with Gasteiger partial charge in [0, 0.05) is 37.2 Å². The van der Waals surface area contributed by atoms with E-state index in [1.165, 1.54) is 0 Å². The van der Waals surface area contributed by atoms with E-state index in [-0.39, 0.29) is 18.5 Å². The molecular formula is C10H9F2N3O2. The summed E-state index contributed by atoms with van der Waals surface area (Å²) in [4.78, 5) is 9.53. The van der Waals surface area contributed by atoms with E-state index in [1.54, 1.807) is 0 Å². The molecule has 0 unspecified atom stereocenters. The number of nitrogens with zero attached hydrogens (tertiary/aromatic N) is 2. The van der Waals surface area contributed by atoms with Gasteiger partial charge >= 0.3 is 5.69 Å². The molecule has 0 spiro atoms. The summed E-state index contributed by atoms with van der Waals surface area (Å²) >= 11 is 0. The topological polar surface area (TPSA) is 79.0 Å². The maximum Gasteiger partial charge on any atom is 0.305 e. The maximum atomic E-state index is 13.2. The number of nitriles is 1. The first-order valence-corrected chi connectivity index (χ1v) is 4.76. The molecule has 0 aliphatic rings. The summed E-state index contributed by atoms with van der Waals surface area (Å²) in [6.45, 7) is 0.343. The van der Waals surface area contributed by atoms with E-state index in [2.05, 4.69) is 5.32 Å². The summed E-state index contributed by atoms with van der Waals surface area (Å²) < 4.78 is 26.2. The molecule has 1 N–H and O–H groups in total. The zero-order chi connectivity index (χ0) is 12.8. The standard InChI is InChI=1S/C10H9F2N3O2/c11-8-5-9(12)10(15(16)17)4-7(8)6-14-3-1-2-13/h4-5,14H,1,3,6H2. The van der Waals surface area contributed by atoms with Gasteiger partial charge in [-0.15, -0.1) is 0 Å². The normalized spacial score (nSPS) is 9.94. The van der Waals surface area contributed by atoms with Gasteiger partial charge in [-0.3, -0.25) is 10.1 Å². The molecule has 17 heavy (non-hydrogen) atoms. The van der Waals surface area contributed by atoms with E-state index in [0.717, 1.165) is 6.07 Å². The molecule has 0 amide bonds. The van der Waals surface area contributed by atoms with Gasteiger partial charge in [-0.1, -0.05) is 0 Å². The van der Waals surface area contributed by atoms with Crippen LogP contribution < -0.4 is 5.32 Å².